The quantitative estimate of drug-likeness (QED) is 0.830. The molecule has 7 heteroatoms. The molecule has 0 fully saturated rings. The van der Waals surface area contributed by atoms with Crippen molar-refractivity contribution in [3.8, 4) is 5.82 Å². The van der Waals surface area contributed by atoms with E-state index in [9.17, 15) is 4.79 Å². The van der Waals surface area contributed by atoms with Crippen LogP contribution in [0.25, 0.3) is 5.82 Å². The summed E-state index contributed by atoms with van der Waals surface area (Å²) >= 11 is 4.95. The van der Waals surface area contributed by atoms with Crippen molar-refractivity contribution in [2.75, 3.05) is 14.1 Å². The molecule has 0 radical (unpaired) electrons. The van der Waals surface area contributed by atoms with Gasteiger partial charge in [0.15, 0.2) is 11.5 Å². The Morgan fingerprint density at radius 2 is 2.05 bits per heavy atom. The predicted molar refractivity (Wildman–Crippen MR) is 75.3 cm³/mol. The van der Waals surface area contributed by atoms with E-state index in [1.165, 1.54) is 4.90 Å². The van der Waals surface area contributed by atoms with E-state index in [1.54, 1.807) is 43.1 Å². The lowest BCUT2D eigenvalue weighted by Crippen LogP contribution is -2.23. The summed E-state index contributed by atoms with van der Waals surface area (Å²) in [6, 6.07) is 6.93. The van der Waals surface area contributed by atoms with Gasteiger partial charge in [0.2, 0.25) is 0 Å². The lowest BCUT2D eigenvalue weighted by molar-refractivity contribution is 0.0821. The second kappa shape index (κ2) is 5.15. The second-order valence-corrected chi connectivity index (χ2v) is 4.54. The summed E-state index contributed by atoms with van der Waals surface area (Å²) in [5.41, 5.74) is 6.58. The smallest absolute Gasteiger partial charge is 0.273 e. The zero-order valence-corrected chi connectivity index (χ0v) is 11.4. The fraction of sp³-hybridized carbons (Fsp3) is 0.167. The van der Waals surface area contributed by atoms with Gasteiger partial charge in [-0.25, -0.2) is 0 Å². The first-order valence-corrected chi connectivity index (χ1v) is 5.94. The summed E-state index contributed by atoms with van der Waals surface area (Å²) in [5.74, 6) is 0.365. The first-order chi connectivity index (χ1) is 9.00. The number of nitrogens with zero attached hydrogens (tertiary/aromatic N) is 4. The zero-order valence-electron chi connectivity index (χ0n) is 10.6. The molecule has 0 aliphatic rings. The molecular formula is C12H13N5OS. The van der Waals surface area contributed by atoms with Gasteiger partial charge in [0.1, 0.15) is 4.99 Å². The van der Waals surface area contributed by atoms with E-state index in [1.807, 2.05) is 6.07 Å². The van der Waals surface area contributed by atoms with Crippen LogP contribution in [0.3, 0.4) is 0 Å². The van der Waals surface area contributed by atoms with Crippen molar-refractivity contribution in [2.45, 2.75) is 0 Å². The van der Waals surface area contributed by atoms with E-state index < -0.39 is 0 Å². The van der Waals surface area contributed by atoms with Crippen molar-refractivity contribution in [1.82, 2.24) is 19.7 Å². The number of amides is 1. The molecule has 2 heterocycles. The van der Waals surface area contributed by atoms with Gasteiger partial charge in [-0.15, -0.1) is 10.2 Å². The average Bonchev–Trinajstić information content (AvgIpc) is 2.87. The van der Waals surface area contributed by atoms with Gasteiger partial charge in [0, 0.05) is 20.3 Å². The van der Waals surface area contributed by atoms with Gasteiger partial charge in [0.05, 0.1) is 5.69 Å². The van der Waals surface area contributed by atoms with Gasteiger partial charge in [-0.1, -0.05) is 12.2 Å². The van der Waals surface area contributed by atoms with Crippen LogP contribution >= 0.6 is 12.2 Å². The Balaban J connectivity index is 2.35. The van der Waals surface area contributed by atoms with Crippen LogP contribution in [-0.4, -0.2) is 44.7 Å². The molecule has 19 heavy (non-hydrogen) atoms. The minimum atomic E-state index is -0.193. The Kier molecular flexibility index (Phi) is 3.57. The lowest BCUT2D eigenvalue weighted by Gasteiger charge is -2.10. The van der Waals surface area contributed by atoms with Gasteiger partial charge >= 0.3 is 0 Å². The average molecular weight is 275 g/mol. The maximum Gasteiger partial charge on any atom is 0.273 e. The van der Waals surface area contributed by atoms with Gasteiger partial charge in [-0.3, -0.25) is 9.36 Å². The fourth-order valence-corrected chi connectivity index (χ4v) is 1.74. The normalized spacial score (nSPS) is 10.2. The van der Waals surface area contributed by atoms with Crippen LogP contribution < -0.4 is 5.73 Å². The molecule has 0 aliphatic heterocycles. The number of nitrogens with two attached hydrogens (primary N) is 1. The highest BCUT2D eigenvalue weighted by atomic mass is 32.1. The van der Waals surface area contributed by atoms with E-state index in [0.29, 0.717) is 11.5 Å². The molecule has 0 aliphatic carbocycles. The summed E-state index contributed by atoms with van der Waals surface area (Å²) in [5, 5.41) is 7.93. The fourth-order valence-electron chi connectivity index (χ4n) is 1.58. The summed E-state index contributed by atoms with van der Waals surface area (Å²) < 4.78 is 1.72. The first-order valence-electron chi connectivity index (χ1n) is 5.53. The minimum absolute atomic E-state index is 0.193. The van der Waals surface area contributed by atoms with Crippen molar-refractivity contribution in [2.24, 2.45) is 5.73 Å². The molecule has 98 valence electrons. The molecule has 0 saturated carbocycles. The third-order valence-corrected chi connectivity index (χ3v) is 2.73. The van der Waals surface area contributed by atoms with Crippen LogP contribution in [0, 0.1) is 0 Å². The lowest BCUT2D eigenvalue weighted by atomic mass is 10.3. The molecule has 0 saturated heterocycles. The summed E-state index contributed by atoms with van der Waals surface area (Å²) in [6.45, 7) is 0. The predicted octanol–water partition coefficient (Wildman–Crippen LogP) is 0.603. The number of rotatable bonds is 3. The highest BCUT2D eigenvalue weighted by molar-refractivity contribution is 7.80. The standard InChI is InChI=1S/C12H13N5OS/c1-16(2)12(18)8-5-6-10(15-14-8)17-7-3-4-9(17)11(13)19/h3-7H,1-2H3,(H2,13,19). The SMILES string of the molecule is CN(C)C(=O)c1ccc(-n2cccc2C(N)=S)nn1. The number of thiocarbonyl (C=S) groups is 1. The number of hydrogen-bond acceptors (Lipinski definition) is 4. The molecule has 1 amide bonds. The maximum absolute atomic E-state index is 11.7. The Hall–Kier alpha value is -2.28. The van der Waals surface area contributed by atoms with Crippen molar-refractivity contribution >= 4 is 23.1 Å². The largest absolute Gasteiger partial charge is 0.388 e. The molecule has 0 atom stereocenters. The van der Waals surface area contributed by atoms with E-state index in [4.69, 9.17) is 18.0 Å². The highest BCUT2D eigenvalue weighted by Crippen LogP contribution is 2.10. The van der Waals surface area contributed by atoms with Crippen LogP contribution in [0.5, 0.6) is 0 Å². The third-order valence-electron chi connectivity index (χ3n) is 2.52. The Labute approximate surface area is 115 Å². The molecule has 6 nitrogen and oxygen atoms in total. The van der Waals surface area contributed by atoms with Crippen molar-refractivity contribution in [3.05, 3.63) is 41.9 Å². The second-order valence-electron chi connectivity index (χ2n) is 4.10. The molecule has 0 spiro atoms. The Morgan fingerprint density at radius 3 is 2.58 bits per heavy atom. The molecule has 2 aromatic rings. The van der Waals surface area contributed by atoms with E-state index in [2.05, 4.69) is 10.2 Å². The number of hydrogen-bond donors (Lipinski definition) is 1. The molecule has 0 bridgehead atoms. The number of aromatic nitrogens is 3. The summed E-state index contributed by atoms with van der Waals surface area (Å²) in [7, 11) is 3.32. The zero-order chi connectivity index (χ0) is 14.0. The van der Waals surface area contributed by atoms with Crippen molar-refractivity contribution < 1.29 is 4.79 Å². The van der Waals surface area contributed by atoms with E-state index in [0.717, 1.165) is 0 Å². The Morgan fingerprint density at radius 1 is 1.32 bits per heavy atom. The van der Waals surface area contributed by atoms with Gasteiger partial charge in [0.25, 0.3) is 5.91 Å². The van der Waals surface area contributed by atoms with Crippen LogP contribution in [0.1, 0.15) is 16.2 Å². The van der Waals surface area contributed by atoms with E-state index >= 15 is 0 Å². The van der Waals surface area contributed by atoms with Crippen molar-refractivity contribution in [1.29, 1.82) is 0 Å². The monoisotopic (exact) mass is 275 g/mol. The Bertz CT molecular complexity index is 617. The highest BCUT2D eigenvalue weighted by Gasteiger charge is 2.12. The molecule has 2 aromatic heterocycles. The first kappa shape index (κ1) is 13.2. The molecular weight excluding hydrogens is 262 g/mol. The summed E-state index contributed by atoms with van der Waals surface area (Å²) in [4.78, 5) is 13.4. The van der Waals surface area contributed by atoms with Crippen LogP contribution in [0.4, 0.5) is 0 Å². The maximum atomic E-state index is 11.7. The van der Waals surface area contributed by atoms with Crippen LogP contribution in [0.15, 0.2) is 30.5 Å². The molecule has 0 aromatic carbocycles. The van der Waals surface area contributed by atoms with Gasteiger partial charge < -0.3 is 10.6 Å². The summed E-state index contributed by atoms with van der Waals surface area (Å²) in [6.07, 6.45) is 1.78. The van der Waals surface area contributed by atoms with Crippen LogP contribution in [-0.2, 0) is 0 Å². The van der Waals surface area contributed by atoms with Gasteiger partial charge in [-0.2, -0.15) is 0 Å². The number of carbonyl (C=O) groups excluding carboxylic acids is 1. The minimum Gasteiger partial charge on any atom is -0.388 e. The van der Waals surface area contributed by atoms with Crippen LogP contribution in [0.2, 0.25) is 0 Å². The number of carbonyl (C=O) groups is 1. The third kappa shape index (κ3) is 2.60. The molecule has 2 rings (SSSR count). The molecule has 0 unspecified atom stereocenters. The van der Waals surface area contributed by atoms with E-state index in [-0.39, 0.29) is 16.6 Å². The van der Waals surface area contributed by atoms with Gasteiger partial charge in [-0.05, 0) is 24.3 Å². The molecule has 2 N–H and O–H groups in total. The van der Waals surface area contributed by atoms with Crippen molar-refractivity contribution in [3.63, 3.8) is 0 Å². The topological polar surface area (TPSA) is 77.0 Å².